The minimum absolute atomic E-state index is 0.0786. The lowest BCUT2D eigenvalue weighted by Gasteiger charge is -2.21. The molecule has 5 rings (SSSR count). The molecule has 1 saturated carbocycles. The van der Waals surface area contributed by atoms with Gasteiger partial charge in [-0.1, -0.05) is 26.0 Å². The second kappa shape index (κ2) is 7.16. The van der Waals surface area contributed by atoms with Gasteiger partial charge in [-0.3, -0.25) is 4.79 Å². The van der Waals surface area contributed by atoms with Crippen molar-refractivity contribution in [1.29, 1.82) is 5.26 Å². The molecule has 3 N–H and O–H groups in total. The molecule has 2 heterocycles. The van der Waals surface area contributed by atoms with Gasteiger partial charge in [-0.2, -0.15) is 5.26 Å². The fourth-order valence-corrected chi connectivity index (χ4v) is 4.69. The molecule has 0 saturated heterocycles. The van der Waals surface area contributed by atoms with Crippen molar-refractivity contribution in [3.8, 4) is 6.07 Å². The van der Waals surface area contributed by atoms with Gasteiger partial charge in [0, 0.05) is 46.4 Å². The molecule has 31 heavy (non-hydrogen) atoms. The van der Waals surface area contributed by atoms with E-state index in [4.69, 9.17) is 5.26 Å². The van der Waals surface area contributed by atoms with Gasteiger partial charge < -0.3 is 15.6 Å². The number of carbonyl (C=O) groups excluding carboxylic acids is 1. The summed E-state index contributed by atoms with van der Waals surface area (Å²) in [5, 5.41) is 16.6. The van der Waals surface area contributed by atoms with E-state index in [2.05, 4.69) is 59.8 Å². The Hall–Kier alpha value is -3.26. The van der Waals surface area contributed by atoms with Crippen LogP contribution in [-0.2, 0) is 22.0 Å². The van der Waals surface area contributed by atoms with E-state index < -0.39 is 5.41 Å². The highest BCUT2D eigenvalue weighted by atomic mass is 16.2. The number of benzene rings is 2. The molecule has 5 nitrogen and oxygen atoms in total. The van der Waals surface area contributed by atoms with E-state index in [1.54, 1.807) is 0 Å². The van der Waals surface area contributed by atoms with Gasteiger partial charge >= 0.3 is 0 Å². The van der Waals surface area contributed by atoms with Gasteiger partial charge in [0.15, 0.2) is 0 Å². The molecule has 2 aromatic carbocycles. The van der Waals surface area contributed by atoms with Gasteiger partial charge in [0.1, 0.15) is 0 Å². The van der Waals surface area contributed by atoms with E-state index in [1.807, 2.05) is 18.2 Å². The Labute approximate surface area is 182 Å². The zero-order chi connectivity index (χ0) is 21.6. The average Bonchev–Trinajstić information content (AvgIpc) is 3.24. The molecular formula is C26H28N4O. The first-order valence-electron chi connectivity index (χ1n) is 11.1. The second-order valence-corrected chi connectivity index (χ2v) is 9.61. The molecule has 1 amide bonds. The number of carbonyl (C=O) groups is 1. The number of nitriles is 1. The highest BCUT2D eigenvalue weighted by Gasteiger charge is 2.51. The van der Waals surface area contributed by atoms with E-state index in [-0.39, 0.29) is 11.3 Å². The summed E-state index contributed by atoms with van der Waals surface area (Å²) in [6.07, 6.45) is 4.17. The minimum Gasteiger partial charge on any atom is -0.384 e. The van der Waals surface area contributed by atoms with Gasteiger partial charge in [0.2, 0.25) is 5.91 Å². The first-order valence-corrected chi connectivity index (χ1v) is 11.1. The van der Waals surface area contributed by atoms with Crippen molar-refractivity contribution in [2.75, 3.05) is 17.2 Å². The highest BCUT2D eigenvalue weighted by molar-refractivity contribution is 6.02. The van der Waals surface area contributed by atoms with Crippen LogP contribution >= 0.6 is 0 Å². The largest absolute Gasteiger partial charge is 0.384 e. The lowest BCUT2D eigenvalue weighted by Crippen LogP contribution is -2.27. The van der Waals surface area contributed by atoms with Crippen molar-refractivity contribution >= 4 is 28.2 Å². The van der Waals surface area contributed by atoms with Crippen LogP contribution in [0, 0.1) is 11.3 Å². The van der Waals surface area contributed by atoms with Crippen molar-refractivity contribution in [3.05, 3.63) is 59.3 Å². The standard InChI is InChI=1S/C26H28N4O/c1-25(2,9-3-12-27)23-15-18-14-20(6-7-21(18)30-23)29-24(31)26(10-11-26)19-5-4-17-8-13-28-22(17)16-19/h4-7,14-16,28,30H,3,8-11,13H2,1-2H3,(H,29,31). The summed E-state index contributed by atoms with van der Waals surface area (Å²) < 4.78 is 0. The molecule has 3 aromatic rings. The number of hydrogen-bond donors (Lipinski definition) is 3. The number of nitrogens with zero attached hydrogens (tertiary/aromatic N) is 1. The van der Waals surface area contributed by atoms with E-state index in [1.165, 1.54) is 11.3 Å². The number of amides is 1. The topological polar surface area (TPSA) is 80.7 Å². The Morgan fingerprint density at radius 1 is 1.19 bits per heavy atom. The van der Waals surface area contributed by atoms with Crippen molar-refractivity contribution in [3.63, 3.8) is 0 Å². The third-order valence-corrected chi connectivity index (χ3v) is 7.03. The summed E-state index contributed by atoms with van der Waals surface area (Å²) in [5.41, 5.74) is 6.11. The molecule has 0 bridgehead atoms. The molecule has 0 radical (unpaired) electrons. The molecule has 0 unspecified atom stereocenters. The number of fused-ring (bicyclic) bond motifs is 2. The summed E-state index contributed by atoms with van der Waals surface area (Å²) >= 11 is 0. The van der Waals surface area contributed by atoms with Crippen molar-refractivity contribution in [2.24, 2.45) is 0 Å². The van der Waals surface area contributed by atoms with Crippen LogP contribution in [0.5, 0.6) is 0 Å². The normalized spacial score (nSPS) is 16.4. The van der Waals surface area contributed by atoms with Crippen molar-refractivity contribution < 1.29 is 4.79 Å². The summed E-state index contributed by atoms with van der Waals surface area (Å²) in [6, 6.07) is 16.9. The zero-order valence-corrected chi connectivity index (χ0v) is 18.1. The number of aromatic nitrogens is 1. The van der Waals surface area contributed by atoms with Crippen LogP contribution in [0.25, 0.3) is 10.9 Å². The Bertz CT molecular complexity index is 1210. The zero-order valence-electron chi connectivity index (χ0n) is 18.1. The maximum atomic E-state index is 13.2. The molecule has 1 aliphatic carbocycles. The molecule has 1 fully saturated rings. The highest BCUT2D eigenvalue weighted by Crippen LogP contribution is 2.50. The SMILES string of the molecule is CC(C)(CCC#N)c1cc2cc(NC(=O)C3(c4ccc5c(c4)NCC5)CC3)ccc2[nH]1. The molecule has 0 spiro atoms. The number of rotatable bonds is 6. The number of anilines is 2. The predicted molar refractivity (Wildman–Crippen MR) is 124 cm³/mol. The average molecular weight is 413 g/mol. The quantitative estimate of drug-likeness (QED) is 0.508. The lowest BCUT2D eigenvalue weighted by atomic mass is 9.84. The molecule has 0 atom stereocenters. The van der Waals surface area contributed by atoms with E-state index in [9.17, 15) is 4.79 Å². The molecule has 1 aliphatic heterocycles. The number of aromatic amines is 1. The second-order valence-electron chi connectivity index (χ2n) is 9.61. The first kappa shape index (κ1) is 19.7. The summed E-state index contributed by atoms with van der Waals surface area (Å²) in [7, 11) is 0. The predicted octanol–water partition coefficient (Wildman–Crippen LogP) is 5.39. The Balaban J connectivity index is 1.37. The monoisotopic (exact) mass is 412 g/mol. The first-order chi connectivity index (χ1) is 14.9. The Kier molecular flexibility index (Phi) is 4.55. The van der Waals surface area contributed by atoms with E-state index >= 15 is 0 Å². The lowest BCUT2D eigenvalue weighted by molar-refractivity contribution is -0.118. The van der Waals surface area contributed by atoms with Crippen LogP contribution < -0.4 is 10.6 Å². The fraction of sp³-hybridized carbons (Fsp3) is 0.385. The molecular weight excluding hydrogens is 384 g/mol. The Morgan fingerprint density at radius 3 is 2.81 bits per heavy atom. The Morgan fingerprint density at radius 2 is 2.03 bits per heavy atom. The third kappa shape index (κ3) is 3.46. The van der Waals surface area contributed by atoms with Crippen LogP contribution in [0.3, 0.4) is 0 Å². The molecule has 158 valence electrons. The van der Waals surface area contributed by atoms with Crippen LogP contribution in [0.4, 0.5) is 11.4 Å². The van der Waals surface area contributed by atoms with Crippen LogP contribution in [0.2, 0.25) is 0 Å². The van der Waals surface area contributed by atoms with Gasteiger partial charge in [-0.15, -0.1) is 0 Å². The van der Waals surface area contributed by atoms with Gasteiger partial charge in [-0.25, -0.2) is 0 Å². The van der Waals surface area contributed by atoms with Crippen LogP contribution in [0.1, 0.15) is 56.4 Å². The minimum atomic E-state index is -0.406. The van der Waals surface area contributed by atoms with Crippen molar-refractivity contribution in [1.82, 2.24) is 4.98 Å². The number of nitrogens with one attached hydrogen (secondary N) is 3. The number of hydrogen-bond acceptors (Lipinski definition) is 3. The maximum Gasteiger partial charge on any atom is 0.235 e. The maximum absolute atomic E-state index is 13.2. The summed E-state index contributed by atoms with van der Waals surface area (Å²) in [5.74, 6) is 0.0786. The summed E-state index contributed by atoms with van der Waals surface area (Å²) in [6.45, 7) is 5.28. The van der Waals surface area contributed by atoms with Gasteiger partial charge in [0.05, 0.1) is 11.5 Å². The summed E-state index contributed by atoms with van der Waals surface area (Å²) in [4.78, 5) is 16.7. The van der Waals surface area contributed by atoms with Crippen LogP contribution in [0.15, 0.2) is 42.5 Å². The molecule has 2 aliphatic rings. The number of H-pyrrole nitrogens is 1. The fourth-order valence-electron chi connectivity index (χ4n) is 4.69. The van der Waals surface area contributed by atoms with Crippen molar-refractivity contribution in [2.45, 2.75) is 56.8 Å². The molecule has 1 aromatic heterocycles. The van der Waals surface area contributed by atoms with Gasteiger partial charge in [-0.05, 0) is 67.1 Å². The molecule has 5 heteroatoms. The van der Waals surface area contributed by atoms with E-state index in [0.717, 1.165) is 60.1 Å². The van der Waals surface area contributed by atoms with Crippen LogP contribution in [-0.4, -0.2) is 17.4 Å². The smallest absolute Gasteiger partial charge is 0.235 e. The third-order valence-electron chi connectivity index (χ3n) is 7.03. The van der Waals surface area contributed by atoms with E-state index in [0.29, 0.717) is 6.42 Å². The van der Waals surface area contributed by atoms with Gasteiger partial charge in [0.25, 0.3) is 0 Å².